The van der Waals surface area contributed by atoms with Crippen LogP contribution in [0, 0.1) is 22.5 Å². The number of nitrogens with two attached hydrogens (primary N) is 1. The Balaban J connectivity index is 2.93. The van der Waals surface area contributed by atoms with E-state index in [4.69, 9.17) is 11.1 Å². The van der Waals surface area contributed by atoms with Crippen LogP contribution < -0.4 is 10.5 Å². The minimum absolute atomic E-state index is 0.121. The Hall–Kier alpha value is -1.54. The Morgan fingerprint density at radius 3 is 2.42 bits per heavy atom. The van der Waals surface area contributed by atoms with Crippen molar-refractivity contribution < 1.29 is 17.2 Å². The number of halogens is 2. The summed E-state index contributed by atoms with van der Waals surface area (Å²) in [5.41, 5.74) is 4.45. The van der Waals surface area contributed by atoms with Gasteiger partial charge in [-0.25, -0.2) is 21.9 Å². The topological polar surface area (TPSA) is 96.0 Å². The minimum Gasteiger partial charge on any atom is -0.387 e. The third kappa shape index (κ3) is 3.71. The van der Waals surface area contributed by atoms with E-state index >= 15 is 0 Å². The maximum atomic E-state index is 13.0. The molecule has 0 amide bonds. The zero-order valence-electron chi connectivity index (χ0n) is 10.5. The molecular formula is C11H15F2N3O2S. The van der Waals surface area contributed by atoms with E-state index in [2.05, 4.69) is 4.72 Å². The second-order valence-electron chi connectivity index (χ2n) is 4.70. The SMILES string of the molecule is CC(C)(CNS(=O)(=O)c1ccc(F)c(F)c1)C(=N)N. The van der Waals surface area contributed by atoms with E-state index in [0.29, 0.717) is 6.07 Å². The van der Waals surface area contributed by atoms with E-state index in [0.717, 1.165) is 12.1 Å². The van der Waals surface area contributed by atoms with Crippen molar-refractivity contribution in [3.8, 4) is 0 Å². The average Bonchev–Trinajstić information content (AvgIpc) is 2.30. The highest BCUT2D eigenvalue weighted by Gasteiger charge is 2.25. The van der Waals surface area contributed by atoms with E-state index in [1.165, 1.54) is 0 Å². The Morgan fingerprint density at radius 2 is 1.95 bits per heavy atom. The average molecular weight is 291 g/mol. The molecule has 0 radical (unpaired) electrons. The molecular weight excluding hydrogens is 276 g/mol. The van der Waals surface area contributed by atoms with Crippen LogP contribution in [-0.4, -0.2) is 20.8 Å². The Bertz CT molecular complexity index is 600. The molecule has 1 rings (SSSR count). The van der Waals surface area contributed by atoms with Crippen LogP contribution in [0.5, 0.6) is 0 Å². The van der Waals surface area contributed by atoms with Gasteiger partial charge in [0.05, 0.1) is 10.7 Å². The van der Waals surface area contributed by atoms with Crippen molar-refractivity contribution in [2.24, 2.45) is 11.1 Å². The number of amidine groups is 1. The van der Waals surface area contributed by atoms with Crippen molar-refractivity contribution >= 4 is 15.9 Å². The number of hydrogen-bond acceptors (Lipinski definition) is 3. The van der Waals surface area contributed by atoms with Crippen molar-refractivity contribution in [1.82, 2.24) is 4.72 Å². The molecule has 19 heavy (non-hydrogen) atoms. The Kier molecular flexibility index (Phi) is 4.26. The largest absolute Gasteiger partial charge is 0.387 e. The molecule has 0 fully saturated rings. The molecule has 0 atom stereocenters. The fourth-order valence-electron chi connectivity index (χ4n) is 1.10. The smallest absolute Gasteiger partial charge is 0.240 e. The molecule has 1 aromatic rings. The van der Waals surface area contributed by atoms with Crippen LogP contribution in [0.1, 0.15) is 13.8 Å². The van der Waals surface area contributed by atoms with Crippen LogP contribution in [0.15, 0.2) is 23.1 Å². The van der Waals surface area contributed by atoms with Gasteiger partial charge in [-0.3, -0.25) is 5.41 Å². The van der Waals surface area contributed by atoms with E-state index < -0.39 is 27.1 Å². The number of benzene rings is 1. The molecule has 106 valence electrons. The van der Waals surface area contributed by atoms with Crippen LogP contribution in [0.2, 0.25) is 0 Å². The first-order valence-electron chi connectivity index (χ1n) is 5.35. The Labute approximate surface area is 110 Å². The molecule has 0 aliphatic carbocycles. The molecule has 0 spiro atoms. The van der Waals surface area contributed by atoms with Crippen molar-refractivity contribution in [3.05, 3.63) is 29.8 Å². The molecule has 0 heterocycles. The van der Waals surface area contributed by atoms with Crippen LogP contribution in [0.3, 0.4) is 0 Å². The lowest BCUT2D eigenvalue weighted by Gasteiger charge is -2.23. The first-order valence-corrected chi connectivity index (χ1v) is 6.84. The maximum absolute atomic E-state index is 13.0. The van der Waals surface area contributed by atoms with Crippen molar-refractivity contribution in [2.75, 3.05) is 6.54 Å². The monoisotopic (exact) mass is 291 g/mol. The summed E-state index contributed by atoms with van der Waals surface area (Å²) in [5, 5.41) is 7.31. The van der Waals surface area contributed by atoms with Crippen molar-refractivity contribution in [2.45, 2.75) is 18.7 Å². The highest BCUT2D eigenvalue weighted by atomic mass is 32.2. The summed E-state index contributed by atoms with van der Waals surface area (Å²) in [6.07, 6.45) is 0. The number of hydrogen-bond donors (Lipinski definition) is 3. The molecule has 5 nitrogen and oxygen atoms in total. The third-order valence-corrected chi connectivity index (χ3v) is 4.03. The second kappa shape index (κ2) is 5.22. The van der Waals surface area contributed by atoms with Crippen LogP contribution in [0.25, 0.3) is 0 Å². The van der Waals surface area contributed by atoms with Gasteiger partial charge in [-0.05, 0) is 18.2 Å². The standard InChI is InChI=1S/C11H15F2N3O2S/c1-11(2,10(14)15)6-16-19(17,18)7-3-4-8(12)9(13)5-7/h3-5,16H,6H2,1-2H3,(H3,14,15). The summed E-state index contributed by atoms with van der Waals surface area (Å²) in [4.78, 5) is -0.384. The first-order chi connectivity index (χ1) is 8.56. The van der Waals surface area contributed by atoms with Gasteiger partial charge >= 0.3 is 0 Å². The molecule has 0 aromatic heterocycles. The van der Waals surface area contributed by atoms with Gasteiger partial charge in [0.2, 0.25) is 10.0 Å². The highest BCUT2D eigenvalue weighted by molar-refractivity contribution is 7.89. The van der Waals surface area contributed by atoms with Crippen LogP contribution >= 0.6 is 0 Å². The van der Waals surface area contributed by atoms with E-state index in [1.807, 2.05) is 0 Å². The van der Waals surface area contributed by atoms with E-state index in [-0.39, 0.29) is 17.3 Å². The lowest BCUT2D eigenvalue weighted by molar-refractivity contribution is 0.490. The quantitative estimate of drug-likeness (QED) is 0.562. The molecule has 0 aliphatic rings. The van der Waals surface area contributed by atoms with Crippen LogP contribution in [0.4, 0.5) is 8.78 Å². The molecule has 1 aromatic carbocycles. The van der Waals surface area contributed by atoms with Gasteiger partial charge in [-0.2, -0.15) is 0 Å². The second-order valence-corrected chi connectivity index (χ2v) is 6.46. The zero-order valence-corrected chi connectivity index (χ0v) is 11.3. The maximum Gasteiger partial charge on any atom is 0.240 e. The molecule has 0 saturated carbocycles. The molecule has 4 N–H and O–H groups in total. The van der Waals surface area contributed by atoms with Gasteiger partial charge in [-0.1, -0.05) is 13.8 Å². The van der Waals surface area contributed by atoms with Crippen LogP contribution in [-0.2, 0) is 10.0 Å². The fourth-order valence-corrected chi connectivity index (χ4v) is 2.32. The normalized spacial score (nSPS) is 12.4. The summed E-state index contributed by atoms with van der Waals surface area (Å²) >= 11 is 0. The highest BCUT2D eigenvalue weighted by Crippen LogP contribution is 2.17. The summed E-state index contributed by atoms with van der Waals surface area (Å²) in [6.45, 7) is 3.05. The molecule has 0 unspecified atom stereocenters. The molecule has 0 saturated heterocycles. The van der Waals surface area contributed by atoms with Gasteiger partial charge in [0, 0.05) is 12.0 Å². The van der Waals surface area contributed by atoms with Crippen molar-refractivity contribution in [3.63, 3.8) is 0 Å². The lowest BCUT2D eigenvalue weighted by atomic mass is 9.93. The third-order valence-electron chi connectivity index (χ3n) is 2.63. The zero-order chi connectivity index (χ0) is 14.8. The summed E-state index contributed by atoms with van der Waals surface area (Å²) in [5.74, 6) is -2.54. The molecule has 8 heteroatoms. The Morgan fingerprint density at radius 1 is 1.37 bits per heavy atom. The predicted molar refractivity (Wildman–Crippen MR) is 67.2 cm³/mol. The number of rotatable bonds is 5. The predicted octanol–water partition coefficient (Wildman–Crippen LogP) is 1.21. The molecule has 0 bridgehead atoms. The minimum atomic E-state index is -3.98. The van der Waals surface area contributed by atoms with Gasteiger partial charge < -0.3 is 5.73 Å². The van der Waals surface area contributed by atoms with Crippen molar-refractivity contribution in [1.29, 1.82) is 5.41 Å². The summed E-state index contributed by atoms with van der Waals surface area (Å²) in [7, 11) is -3.98. The summed E-state index contributed by atoms with van der Waals surface area (Å²) in [6, 6.07) is 2.29. The summed E-state index contributed by atoms with van der Waals surface area (Å²) < 4.78 is 51.6. The van der Waals surface area contributed by atoms with Gasteiger partial charge in [0.1, 0.15) is 0 Å². The van der Waals surface area contributed by atoms with Gasteiger partial charge in [-0.15, -0.1) is 0 Å². The van der Waals surface area contributed by atoms with Gasteiger partial charge in [0.25, 0.3) is 0 Å². The first kappa shape index (κ1) is 15.5. The van der Waals surface area contributed by atoms with E-state index in [9.17, 15) is 17.2 Å². The molecule has 0 aliphatic heterocycles. The number of nitrogens with one attached hydrogen (secondary N) is 2. The fraction of sp³-hybridized carbons (Fsp3) is 0.364. The van der Waals surface area contributed by atoms with E-state index in [1.54, 1.807) is 13.8 Å². The lowest BCUT2D eigenvalue weighted by Crippen LogP contribution is -2.42. The van der Waals surface area contributed by atoms with Gasteiger partial charge in [0.15, 0.2) is 11.6 Å². The number of sulfonamides is 1.